The molecule has 1 aliphatic rings. The van der Waals surface area contributed by atoms with Crippen molar-refractivity contribution < 1.29 is 4.79 Å². The molecule has 8 nitrogen and oxygen atoms in total. The molecular weight excluding hydrogens is 470 g/mol. The molecule has 0 unspecified atom stereocenters. The van der Waals surface area contributed by atoms with Crippen LogP contribution in [0.1, 0.15) is 35.8 Å². The summed E-state index contributed by atoms with van der Waals surface area (Å²) in [6.07, 6.45) is 0. The number of hydrogen-bond acceptors (Lipinski definition) is 7. The minimum absolute atomic E-state index is 0.0732. The first-order valence-electron chi connectivity index (χ1n) is 12.1. The van der Waals surface area contributed by atoms with Crippen LogP contribution in [0.15, 0.2) is 60.0 Å². The van der Waals surface area contributed by atoms with E-state index in [4.69, 9.17) is 9.97 Å². The number of H-pyrrole nitrogens is 1. The van der Waals surface area contributed by atoms with E-state index in [1.165, 1.54) is 5.56 Å². The van der Waals surface area contributed by atoms with E-state index in [0.717, 1.165) is 51.3 Å². The first-order valence-corrected chi connectivity index (χ1v) is 12.9. The summed E-state index contributed by atoms with van der Waals surface area (Å²) in [6.45, 7) is 5.77. The fourth-order valence-corrected chi connectivity index (χ4v) is 5.26. The van der Waals surface area contributed by atoms with Crippen LogP contribution in [0.4, 0.5) is 11.5 Å². The number of amides is 1. The van der Waals surface area contributed by atoms with Gasteiger partial charge in [-0.05, 0) is 55.1 Å². The number of rotatable bonds is 6. The Labute approximate surface area is 212 Å². The highest BCUT2D eigenvalue weighted by molar-refractivity contribution is 7.17. The molecule has 2 aromatic carbocycles. The minimum Gasteiger partial charge on any atom is -0.351 e. The molecule has 6 rings (SSSR count). The highest BCUT2D eigenvalue weighted by Gasteiger charge is 2.17. The number of carbonyl (C=O) groups is 1. The summed E-state index contributed by atoms with van der Waals surface area (Å²) in [6, 6.07) is 18.5. The van der Waals surface area contributed by atoms with Crippen molar-refractivity contribution >= 4 is 49.9 Å². The van der Waals surface area contributed by atoms with Crippen molar-refractivity contribution in [1.82, 2.24) is 31.1 Å². The Balaban J connectivity index is 1.31. The summed E-state index contributed by atoms with van der Waals surface area (Å²) in [5.41, 5.74) is 11.9. The molecule has 0 atom stereocenters. The second-order valence-electron chi connectivity index (χ2n) is 9.35. The average molecular weight is 498 g/mol. The van der Waals surface area contributed by atoms with E-state index in [-0.39, 0.29) is 11.9 Å². The van der Waals surface area contributed by atoms with Gasteiger partial charge < -0.3 is 15.6 Å². The number of thiophene rings is 1. The molecule has 9 heteroatoms. The normalized spacial score (nSPS) is 14.2. The molecule has 0 saturated carbocycles. The molecule has 182 valence electrons. The van der Waals surface area contributed by atoms with E-state index in [1.54, 1.807) is 11.3 Å². The van der Waals surface area contributed by atoms with Crippen molar-refractivity contribution in [3.05, 3.63) is 71.2 Å². The summed E-state index contributed by atoms with van der Waals surface area (Å²) in [4.78, 5) is 25.4. The van der Waals surface area contributed by atoms with Crippen LogP contribution in [0.5, 0.6) is 0 Å². The molecule has 0 spiro atoms. The number of aromatic amines is 1. The Bertz CT molecular complexity index is 1550. The molecule has 5 N–H and O–H groups in total. The first kappa shape index (κ1) is 22.7. The van der Waals surface area contributed by atoms with Crippen molar-refractivity contribution in [2.24, 2.45) is 0 Å². The van der Waals surface area contributed by atoms with Crippen LogP contribution in [0, 0.1) is 0 Å². The van der Waals surface area contributed by atoms with Gasteiger partial charge in [0.2, 0.25) is 0 Å². The molecule has 1 fully saturated rings. The quantitative estimate of drug-likeness (QED) is 0.228. The van der Waals surface area contributed by atoms with Crippen molar-refractivity contribution in [1.29, 1.82) is 0 Å². The predicted molar refractivity (Wildman–Crippen MR) is 146 cm³/mol. The second kappa shape index (κ2) is 9.34. The maximum Gasteiger partial charge on any atom is 0.267 e. The van der Waals surface area contributed by atoms with Gasteiger partial charge in [-0.1, -0.05) is 24.3 Å². The van der Waals surface area contributed by atoms with E-state index in [0.29, 0.717) is 17.4 Å². The van der Waals surface area contributed by atoms with Crippen molar-refractivity contribution in [2.75, 3.05) is 18.4 Å². The van der Waals surface area contributed by atoms with Gasteiger partial charge in [-0.25, -0.2) is 9.97 Å². The second-order valence-corrected chi connectivity index (χ2v) is 10.3. The summed E-state index contributed by atoms with van der Waals surface area (Å²) in [5.74, 6) is 1.78. The summed E-state index contributed by atoms with van der Waals surface area (Å²) >= 11 is 1.62. The number of nitrogens with one attached hydrogen (secondary N) is 5. The van der Waals surface area contributed by atoms with E-state index in [2.05, 4.69) is 50.7 Å². The predicted octanol–water partition coefficient (Wildman–Crippen LogP) is 4.91. The van der Waals surface area contributed by atoms with Gasteiger partial charge in [0.1, 0.15) is 5.69 Å². The third-order valence-corrected chi connectivity index (χ3v) is 7.23. The number of aromatic nitrogens is 3. The van der Waals surface area contributed by atoms with Crippen LogP contribution in [0.2, 0.25) is 0 Å². The number of anilines is 2. The molecule has 4 heterocycles. The lowest BCUT2D eigenvalue weighted by Crippen LogP contribution is -2.30. The summed E-state index contributed by atoms with van der Waals surface area (Å²) in [5, 5.41) is 9.43. The number of benzene rings is 2. The Hall–Kier alpha value is -3.79. The standard InChI is InChI=1S/C27H27N7OS/c1-15(2)30-27(35)23-11-17-3-4-18(12-22(17)32-23)25-33-21-9-10-36-24(21)26(34-25)31-20-7-5-16(6-8-20)19-13-28-29-14-19/h3-12,15,19,28-29,32H,13-14H2,1-2H3,(H,30,35)(H,31,33,34). The van der Waals surface area contributed by atoms with Gasteiger partial charge in [0.05, 0.1) is 10.2 Å². The molecule has 1 saturated heterocycles. The van der Waals surface area contributed by atoms with E-state index < -0.39 is 0 Å². The number of carbonyl (C=O) groups excluding carboxylic acids is 1. The van der Waals surface area contributed by atoms with Crippen LogP contribution in [0.25, 0.3) is 32.5 Å². The Morgan fingerprint density at radius 3 is 2.61 bits per heavy atom. The van der Waals surface area contributed by atoms with Gasteiger partial charge in [0.25, 0.3) is 5.91 Å². The number of hydrazine groups is 1. The van der Waals surface area contributed by atoms with Crippen LogP contribution >= 0.6 is 11.3 Å². The van der Waals surface area contributed by atoms with Crippen LogP contribution in [-0.2, 0) is 0 Å². The third-order valence-electron chi connectivity index (χ3n) is 6.32. The molecular formula is C27H27N7OS. The highest BCUT2D eigenvalue weighted by atomic mass is 32.1. The molecule has 3 aromatic heterocycles. The van der Waals surface area contributed by atoms with Gasteiger partial charge in [-0.2, -0.15) is 0 Å². The number of fused-ring (bicyclic) bond motifs is 2. The molecule has 1 aliphatic heterocycles. The molecule has 0 aliphatic carbocycles. The van der Waals surface area contributed by atoms with Gasteiger partial charge in [0, 0.05) is 47.2 Å². The van der Waals surface area contributed by atoms with Crippen molar-refractivity contribution in [3.8, 4) is 11.4 Å². The zero-order chi connectivity index (χ0) is 24.6. The summed E-state index contributed by atoms with van der Waals surface area (Å²) in [7, 11) is 0. The Morgan fingerprint density at radius 1 is 1.03 bits per heavy atom. The van der Waals surface area contributed by atoms with Crippen LogP contribution < -0.4 is 21.5 Å². The van der Waals surface area contributed by atoms with E-state index >= 15 is 0 Å². The fourth-order valence-electron chi connectivity index (χ4n) is 4.48. The lowest BCUT2D eigenvalue weighted by molar-refractivity contribution is 0.0939. The van der Waals surface area contributed by atoms with Gasteiger partial charge in [-0.15, -0.1) is 11.3 Å². The molecule has 0 radical (unpaired) electrons. The minimum atomic E-state index is -0.114. The smallest absolute Gasteiger partial charge is 0.267 e. The van der Waals surface area contributed by atoms with E-state index in [1.807, 2.05) is 49.6 Å². The highest BCUT2D eigenvalue weighted by Crippen LogP contribution is 2.32. The van der Waals surface area contributed by atoms with Gasteiger partial charge >= 0.3 is 0 Å². The SMILES string of the molecule is CC(C)NC(=O)c1cc2ccc(-c3nc(Nc4ccc(C5CNNC5)cc4)c4sccc4n3)cc2[nH]1. The van der Waals surface area contributed by atoms with Crippen molar-refractivity contribution in [2.45, 2.75) is 25.8 Å². The van der Waals surface area contributed by atoms with Crippen LogP contribution in [-0.4, -0.2) is 40.0 Å². The van der Waals surface area contributed by atoms with Crippen LogP contribution in [0.3, 0.4) is 0 Å². The third kappa shape index (κ3) is 4.44. The van der Waals surface area contributed by atoms with Gasteiger partial charge in [0.15, 0.2) is 11.6 Å². The van der Waals surface area contributed by atoms with Crippen molar-refractivity contribution in [3.63, 3.8) is 0 Å². The molecule has 0 bridgehead atoms. The maximum atomic E-state index is 12.4. The monoisotopic (exact) mass is 497 g/mol. The lowest BCUT2D eigenvalue weighted by atomic mass is 10.0. The molecule has 36 heavy (non-hydrogen) atoms. The Morgan fingerprint density at radius 2 is 1.83 bits per heavy atom. The van der Waals surface area contributed by atoms with Gasteiger partial charge in [-0.3, -0.25) is 15.6 Å². The first-order chi connectivity index (χ1) is 17.5. The average Bonchev–Trinajstić information content (AvgIpc) is 3.64. The number of nitrogens with zero attached hydrogens (tertiary/aromatic N) is 2. The fraction of sp³-hybridized carbons (Fsp3) is 0.222. The lowest BCUT2D eigenvalue weighted by Gasteiger charge is -2.12. The molecule has 5 aromatic rings. The molecule has 1 amide bonds. The Kier molecular flexibility index (Phi) is 5.88. The largest absolute Gasteiger partial charge is 0.351 e. The summed E-state index contributed by atoms with van der Waals surface area (Å²) < 4.78 is 1.01. The maximum absolute atomic E-state index is 12.4. The van der Waals surface area contributed by atoms with E-state index in [9.17, 15) is 4.79 Å². The zero-order valence-electron chi connectivity index (χ0n) is 20.1. The zero-order valence-corrected chi connectivity index (χ0v) is 20.9. The topological polar surface area (TPSA) is 107 Å². The number of hydrogen-bond donors (Lipinski definition) is 5.